The van der Waals surface area contributed by atoms with Gasteiger partial charge in [0.05, 0.1) is 30.3 Å². The third-order valence-electron chi connectivity index (χ3n) is 3.89. The Hall–Kier alpha value is -2.90. The van der Waals surface area contributed by atoms with Crippen LogP contribution < -0.4 is 15.8 Å². The summed E-state index contributed by atoms with van der Waals surface area (Å²) in [4.78, 5) is 12.6. The van der Waals surface area contributed by atoms with Crippen LogP contribution in [0.2, 0.25) is 0 Å². The summed E-state index contributed by atoms with van der Waals surface area (Å²) >= 11 is 0. The average Bonchev–Trinajstić information content (AvgIpc) is 2.99. The number of aliphatic hydroxyl groups is 1. The largest absolute Gasteiger partial charge is 0.595 e. The fourth-order valence-electron chi connectivity index (χ4n) is 2.67. The molecule has 0 spiro atoms. The van der Waals surface area contributed by atoms with E-state index in [9.17, 15) is 15.2 Å². The van der Waals surface area contributed by atoms with Gasteiger partial charge >= 0.3 is 0 Å². The van der Waals surface area contributed by atoms with Crippen molar-refractivity contribution in [2.75, 3.05) is 11.9 Å². The van der Waals surface area contributed by atoms with Gasteiger partial charge in [-0.3, -0.25) is 9.48 Å². The first-order valence-electron chi connectivity index (χ1n) is 7.90. The molecule has 1 aromatic heterocycles. The van der Waals surface area contributed by atoms with Crippen molar-refractivity contribution >= 4 is 34.0 Å². The number of amides is 1. The Bertz CT molecular complexity index is 945. The standard InChI is InChI=1S/C16H17N5O6/c22-6-5-19-14-4-2-1-3-13(14)15(18-19)17-16(23)10-7-11(20(24)25)9-12(8-10)21(26)27/h1-4,7-9,20-22,24,26H,5-6H2,(H,17,18,23). The van der Waals surface area contributed by atoms with Crippen LogP contribution >= 0.6 is 0 Å². The lowest BCUT2D eigenvalue weighted by atomic mass is 10.1. The van der Waals surface area contributed by atoms with E-state index in [4.69, 9.17) is 15.5 Å². The molecule has 1 amide bonds. The van der Waals surface area contributed by atoms with E-state index < -0.39 is 16.4 Å². The molecule has 3 rings (SSSR count). The van der Waals surface area contributed by atoms with Gasteiger partial charge in [0.25, 0.3) is 5.91 Å². The highest BCUT2D eigenvalue weighted by molar-refractivity contribution is 6.08. The zero-order valence-electron chi connectivity index (χ0n) is 13.9. The van der Waals surface area contributed by atoms with E-state index in [-0.39, 0.29) is 35.9 Å². The number of para-hydroxylation sites is 1. The fraction of sp³-hybridized carbons (Fsp3) is 0.125. The Kier molecular flexibility index (Phi) is 5.43. The zero-order valence-corrected chi connectivity index (χ0v) is 13.9. The van der Waals surface area contributed by atoms with Gasteiger partial charge in [0.15, 0.2) is 17.2 Å². The lowest BCUT2D eigenvalue weighted by Crippen LogP contribution is -3.00. The highest BCUT2D eigenvalue weighted by Crippen LogP contribution is 2.23. The maximum absolute atomic E-state index is 12.6. The second-order valence-corrected chi connectivity index (χ2v) is 5.68. The molecule has 0 fully saturated rings. The van der Waals surface area contributed by atoms with Gasteiger partial charge in [-0.25, -0.2) is 10.4 Å². The average molecular weight is 375 g/mol. The van der Waals surface area contributed by atoms with Crippen molar-refractivity contribution in [1.82, 2.24) is 9.78 Å². The molecule has 11 nitrogen and oxygen atoms in total. The van der Waals surface area contributed by atoms with Crippen molar-refractivity contribution in [3.05, 3.63) is 58.4 Å². The van der Waals surface area contributed by atoms with E-state index >= 15 is 0 Å². The van der Waals surface area contributed by atoms with Crippen LogP contribution in [0.25, 0.3) is 10.9 Å². The van der Waals surface area contributed by atoms with Crippen molar-refractivity contribution in [3.8, 4) is 0 Å². The molecule has 0 aliphatic carbocycles. The van der Waals surface area contributed by atoms with Crippen LogP contribution in [0.4, 0.5) is 17.2 Å². The van der Waals surface area contributed by atoms with Gasteiger partial charge in [-0.05, 0) is 12.1 Å². The van der Waals surface area contributed by atoms with Gasteiger partial charge in [-0.1, -0.05) is 12.1 Å². The number of nitrogens with one attached hydrogen (secondary N) is 3. The summed E-state index contributed by atoms with van der Waals surface area (Å²) in [5.74, 6) is -0.471. The Labute approximate surface area is 152 Å². The van der Waals surface area contributed by atoms with Gasteiger partial charge in [0.2, 0.25) is 0 Å². The predicted molar refractivity (Wildman–Crippen MR) is 92.8 cm³/mol. The first kappa shape index (κ1) is 18.9. The second-order valence-electron chi connectivity index (χ2n) is 5.68. The molecule has 11 heteroatoms. The molecule has 2 aromatic carbocycles. The number of fused-ring (bicyclic) bond motifs is 1. The molecule has 0 aliphatic rings. The smallest absolute Gasteiger partial charge is 0.257 e. The van der Waals surface area contributed by atoms with Crippen molar-refractivity contribution in [1.29, 1.82) is 0 Å². The quantitative estimate of drug-likeness (QED) is 0.304. The lowest BCUT2D eigenvalue weighted by molar-refractivity contribution is -0.996. The molecular formula is C16H17N5O6. The molecule has 2 unspecified atom stereocenters. The topological polar surface area (TPSA) is 163 Å². The number of benzene rings is 2. The number of aromatic nitrogens is 2. The fourth-order valence-corrected chi connectivity index (χ4v) is 2.67. The number of hydrogen-bond donors (Lipinski definition) is 6. The molecule has 0 radical (unpaired) electrons. The van der Waals surface area contributed by atoms with Crippen LogP contribution in [0.3, 0.4) is 0 Å². The Balaban J connectivity index is 1.97. The van der Waals surface area contributed by atoms with Crippen molar-refractivity contribution < 1.29 is 30.8 Å². The Morgan fingerprint density at radius 3 is 2.33 bits per heavy atom. The van der Waals surface area contributed by atoms with E-state index in [1.807, 2.05) is 0 Å². The predicted octanol–water partition coefficient (Wildman–Crippen LogP) is -0.912. The van der Waals surface area contributed by atoms with Crippen LogP contribution in [0, 0.1) is 10.4 Å². The lowest BCUT2D eigenvalue weighted by Gasteiger charge is -2.16. The molecule has 0 bridgehead atoms. The molecule has 142 valence electrons. The maximum Gasteiger partial charge on any atom is 0.257 e. The molecule has 6 N–H and O–H groups in total. The monoisotopic (exact) mass is 375 g/mol. The molecule has 0 saturated heterocycles. The third-order valence-corrected chi connectivity index (χ3v) is 3.89. The number of aliphatic hydroxyl groups excluding tert-OH is 1. The molecule has 0 aliphatic heterocycles. The van der Waals surface area contributed by atoms with E-state index in [0.29, 0.717) is 10.9 Å². The van der Waals surface area contributed by atoms with E-state index in [2.05, 4.69) is 10.4 Å². The van der Waals surface area contributed by atoms with Crippen LogP contribution in [-0.4, -0.2) is 37.8 Å². The van der Waals surface area contributed by atoms with Gasteiger partial charge in [-0.2, -0.15) is 15.6 Å². The van der Waals surface area contributed by atoms with Crippen molar-refractivity contribution in [2.45, 2.75) is 6.54 Å². The van der Waals surface area contributed by atoms with Gasteiger partial charge in [-0.15, -0.1) is 0 Å². The number of hydrogen-bond acceptors (Lipinski definition) is 7. The number of rotatable bonds is 6. The summed E-state index contributed by atoms with van der Waals surface area (Å²) in [5, 5.41) is 54.6. The van der Waals surface area contributed by atoms with Gasteiger partial charge < -0.3 is 20.8 Å². The Morgan fingerprint density at radius 1 is 1.11 bits per heavy atom. The van der Waals surface area contributed by atoms with Crippen LogP contribution in [-0.2, 0) is 6.54 Å². The highest BCUT2D eigenvalue weighted by Gasteiger charge is 2.18. The van der Waals surface area contributed by atoms with E-state index in [1.165, 1.54) is 4.68 Å². The molecular weight excluding hydrogens is 358 g/mol. The highest BCUT2D eigenvalue weighted by atomic mass is 16.8. The summed E-state index contributed by atoms with van der Waals surface area (Å²) in [6.07, 6.45) is 0. The van der Waals surface area contributed by atoms with E-state index in [1.54, 1.807) is 24.3 Å². The minimum atomic E-state index is -1.34. The summed E-state index contributed by atoms with van der Waals surface area (Å²) in [6.45, 7) is 0.0930. The summed E-state index contributed by atoms with van der Waals surface area (Å²) in [6, 6.07) is 10.2. The maximum atomic E-state index is 12.6. The minimum Gasteiger partial charge on any atom is -0.595 e. The molecule has 3 aromatic rings. The van der Waals surface area contributed by atoms with Crippen LogP contribution in [0.15, 0.2) is 42.5 Å². The summed E-state index contributed by atoms with van der Waals surface area (Å²) in [7, 11) is 0. The summed E-state index contributed by atoms with van der Waals surface area (Å²) < 4.78 is 1.53. The van der Waals surface area contributed by atoms with Crippen molar-refractivity contribution in [3.63, 3.8) is 0 Å². The zero-order chi connectivity index (χ0) is 19.6. The first-order chi connectivity index (χ1) is 12.9. The van der Waals surface area contributed by atoms with Crippen LogP contribution in [0.1, 0.15) is 10.4 Å². The minimum absolute atomic E-state index is 0.118. The number of quaternary nitrogens is 2. The second kappa shape index (κ2) is 7.77. The number of carbonyl (C=O) groups is 1. The third kappa shape index (κ3) is 3.94. The number of nitrogens with zero attached hydrogens (tertiary/aromatic N) is 2. The van der Waals surface area contributed by atoms with Gasteiger partial charge in [0, 0.05) is 17.5 Å². The van der Waals surface area contributed by atoms with Gasteiger partial charge in [0.1, 0.15) is 0 Å². The molecule has 27 heavy (non-hydrogen) atoms. The number of anilines is 1. The molecule has 2 atom stereocenters. The van der Waals surface area contributed by atoms with Crippen molar-refractivity contribution in [2.24, 2.45) is 0 Å². The summed E-state index contributed by atoms with van der Waals surface area (Å²) in [5.41, 5.74) is -0.0353. The van der Waals surface area contributed by atoms with Crippen LogP contribution in [0.5, 0.6) is 0 Å². The normalized spacial score (nSPS) is 13.5. The SMILES string of the molecule is O=C(Nc1nn(CCO)c2ccccc12)c1cc([NH+]([O-])O)cc([NH+]([O-])O)c1. The first-order valence-corrected chi connectivity index (χ1v) is 7.90. The molecule has 1 heterocycles. The molecule has 0 saturated carbocycles. The van der Waals surface area contributed by atoms with E-state index in [0.717, 1.165) is 18.2 Å². The number of carbonyl (C=O) groups excluding carboxylic acids is 1. The Morgan fingerprint density at radius 2 is 1.74 bits per heavy atom.